The van der Waals surface area contributed by atoms with Crippen molar-refractivity contribution in [2.24, 2.45) is 0 Å². The van der Waals surface area contributed by atoms with E-state index in [0.717, 1.165) is 28.6 Å². The third-order valence-electron chi connectivity index (χ3n) is 2.92. The van der Waals surface area contributed by atoms with Crippen LogP contribution in [0.5, 0.6) is 0 Å². The fraction of sp³-hybridized carbons (Fsp3) is 0.273. The van der Waals surface area contributed by atoms with E-state index in [2.05, 4.69) is 17.1 Å². The fourth-order valence-corrected chi connectivity index (χ4v) is 2.60. The number of rotatable bonds is 1. The van der Waals surface area contributed by atoms with Crippen LogP contribution in [0.1, 0.15) is 18.4 Å². The predicted octanol–water partition coefficient (Wildman–Crippen LogP) is 2.43. The average molecular weight is 215 g/mol. The zero-order chi connectivity index (χ0) is 10.5. The average Bonchev–Trinajstić information content (AvgIpc) is 2.94. The first kappa shape index (κ1) is 8.69. The molecule has 1 aromatic heterocycles. The van der Waals surface area contributed by atoms with Gasteiger partial charge in [0, 0.05) is 0 Å². The van der Waals surface area contributed by atoms with Gasteiger partial charge in [-0.25, -0.2) is 4.98 Å². The van der Waals surface area contributed by atoms with Gasteiger partial charge in [-0.05, 0) is 30.5 Å². The van der Waals surface area contributed by atoms with E-state index in [-0.39, 0.29) is 5.41 Å². The largest absolute Gasteiger partial charge is 0.375 e. The van der Waals surface area contributed by atoms with Gasteiger partial charge in [0.25, 0.3) is 0 Å². The normalized spacial score (nSPS) is 17.5. The highest BCUT2D eigenvalue weighted by Gasteiger charge is 2.44. The summed E-state index contributed by atoms with van der Waals surface area (Å²) in [5.74, 6) is 0. The molecule has 0 aliphatic heterocycles. The Morgan fingerprint density at radius 3 is 2.93 bits per heavy atom. The molecule has 0 atom stereocenters. The summed E-state index contributed by atoms with van der Waals surface area (Å²) in [6, 6.07) is 8.40. The maximum Gasteiger partial charge on any atom is 0.181 e. The highest BCUT2D eigenvalue weighted by molar-refractivity contribution is 7.22. The van der Waals surface area contributed by atoms with Gasteiger partial charge in [-0.1, -0.05) is 17.4 Å². The molecule has 0 radical (unpaired) electrons. The number of hydrogen-bond donors (Lipinski definition) is 1. The van der Waals surface area contributed by atoms with Crippen LogP contribution in [0.2, 0.25) is 0 Å². The van der Waals surface area contributed by atoms with E-state index in [1.165, 1.54) is 11.3 Å². The summed E-state index contributed by atoms with van der Waals surface area (Å²) in [7, 11) is 0. The van der Waals surface area contributed by atoms with Gasteiger partial charge in [0.15, 0.2) is 5.13 Å². The molecule has 3 rings (SSSR count). The van der Waals surface area contributed by atoms with E-state index in [0.29, 0.717) is 5.13 Å². The van der Waals surface area contributed by atoms with Gasteiger partial charge in [0.05, 0.1) is 21.7 Å². The van der Waals surface area contributed by atoms with Crippen molar-refractivity contribution in [3.05, 3.63) is 23.8 Å². The van der Waals surface area contributed by atoms with Crippen molar-refractivity contribution in [3.8, 4) is 6.07 Å². The van der Waals surface area contributed by atoms with Crippen LogP contribution in [0.15, 0.2) is 18.2 Å². The SMILES string of the molecule is N#CC1(c2ccc3nc(N)sc3c2)CC1. The van der Waals surface area contributed by atoms with Gasteiger partial charge in [-0.2, -0.15) is 5.26 Å². The molecule has 3 nitrogen and oxygen atoms in total. The van der Waals surface area contributed by atoms with Crippen molar-refractivity contribution in [1.82, 2.24) is 4.98 Å². The standard InChI is InChI=1S/C11H9N3S/c12-6-11(3-4-11)7-1-2-8-9(5-7)15-10(13)14-8/h1-2,5H,3-4H2,(H2,13,14). The summed E-state index contributed by atoms with van der Waals surface area (Å²) in [5, 5.41) is 9.69. The second kappa shape index (κ2) is 2.71. The first-order valence-electron chi connectivity index (χ1n) is 4.81. The minimum Gasteiger partial charge on any atom is -0.375 e. The van der Waals surface area contributed by atoms with Crippen LogP contribution in [0.4, 0.5) is 5.13 Å². The summed E-state index contributed by atoms with van der Waals surface area (Å²) >= 11 is 1.48. The number of nitrogens with two attached hydrogens (primary N) is 1. The van der Waals surface area contributed by atoms with Crippen LogP contribution >= 0.6 is 11.3 Å². The second-order valence-electron chi connectivity index (χ2n) is 3.93. The number of thiazole rings is 1. The molecule has 1 aliphatic carbocycles. The lowest BCUT2D eigenvalue weighted by atomic mass is 9.98. The monoisotopic (exact) mass is 215 g/mol. The lowest BCUT2D eigenvalue weighted by molar-refractivity contribution is 0.911. The topological polar surface area (TPSA) is 62.7 Å². The Labute approximate surface area is 91.2 Å². The van der Waals surface area contributed by atoms with E-state index in [1.807, 2.05) is 12.1 Å². The zero-order valence-electron chi connectivity index (χ0n) is 8.03. The smallest absolute Gasteiger partial charge is 0.181 e. The van der Waals surface area contributed by atoms with E-state index in [9.17, 15) is 0 Å². The van der Waals surface area contributed by atoms with Crippen molar-refractivity contribution in [2.45, 2.75) is 18.3 Å². The number of fused-ring (bicyclic) bond motifs is 1. The van der Waals surface area contributed by atoms with Crippen LogP contribution in [0, 0.1) is 11.3 Å². The van der Waals surface area contributed by atoms with Gasteiger partial charge in [-0.3, -0.25) is 0 Å². The molecule has 0 amide bonds. The Morgan fingerprint density at radius 2 is 2.27 bits per heavy atom. The van der Waals surface area contributed by atoms with Gasteiger partial charge < -0.3 is 5.73 Å². The molecule has 0 saturated heterocycles. The molecule has 1 aliphatic rings. The van der Waals surface area contributed by atoms with Gasteiger partial charge in [-0.15, -0.1) is 0 Å². The third-order valence-corrected chi connectivity index (χ3v) is 3.77. The van der Waals surface area contributed by atoms with Crippen LogP contribution in [0.3, 0.4) is 0 Å². The number of nitrogen functional groups attached to an aromatic ring is 1. The minimum atomic E-state index is -0.215. The van der Waals surface area contributed by atoms with Crippen molar-refractivity contribution in [1.29, 1.82) is 5.26 Å². The van der Waals surface area contributed by atoms with Gasteiger partial charge in [0.1, 0.15) is 0 Å². The first-order chi connectivity index (χ1) is 7.23. The summed E-state index contributed by atoms with van der Waals surface area (Å²) in [4.78, 5) is 4.20. The van der Waals surface area contributed by atoms with E-state index < -0.39 is 0 Å². The molecule has 1 aromatic carbocycles. The molecule has 0 spiro atoms. The molecule has 1 saturated carbocycles. The summed E-state index contributed by atoms with van der Waals surface area (Å²) in [6.07, 6.45) is 1.95. The molecule has 4 heteroatoms. The summed E-state index contributed by atoms with van der Waals surface area (Å²) in [6.45, 7) is 0. The number of aromatic nitrogens is 1. The second-order valence-corrected chi connectivity index (χ2v) is 4.99. The Morgan fingerprint density at radius 1 is 1.47 bits per heavy atom. The van der Waals surface area contributed by atoms with E-state index in [4.69, 9.17) is 11.0 Å². The Kier molecular flexibility index (Phi) is 1.57. The molecule has 0 bridgehead atoms. The van der Waals surface area contributed by atoms with Gasteiger partial charge >= 0.3 is 0 Å². The number of hydrogen-bond acceptors (Lipinski definition) is 4. The molecular weight excluding hydrogens is 206 g/mol. The fourth-order valence-electron chi connectivity index (χ4n) is 1.83. The quantitative estimate of drug-likeness (QED) is 0.794. The number of anilines is 1. The van der Waals surface area contributed by atoms with Crippen molar-refractivity contribution >= 4 is 26.7 Å². The maximum atomic E-state index is 9.10. The summed E-state index contributed by atoms with van der Waals surface area (Å²) < 4.78 is 1.08. The maximum absolute atomic E-state index is 9.10. The van der Waals surface area contributed by atoms with Gasteiger partial charge in [0.2, 0.25) is 0 Å². The van der Waals surface area contributed by atoms with Crippen LogP contribution in [-0.4, -0.2) is 4.98 Å². The highest BCUT2D eigenvalue weighted by atomic mass is 32.1. The lowest BCUT2D eigenvalue weighted by Crippen LogP contribution is -2.01. The predicted molar refractivity (Wildman–Crippen MR) is 60.6 cm³/mol. The third kappa shape index (κ3) is 1.20. The van der Waals surface area contributed by atoms with Crippen molar-refractivity contribution < 1.29 is 0 Å². The molecule has 2 aromatic rings. The number of nitriles is 1. The molecule has 0 unspecified atom stereocenters. The molecule has 1 heterocycles. The zero-order valence-corrected chi connectivity index (χ0v) is 8.84. The molecule has 74 valence electrons. The number of benzene rings is 1. The molecule has 15 heavy (non-hydrogen) atoms. The van der Waals surface area contributed by atoms with E-state index in [1.54, 1.807) is 0 Å². The molecule has 2 N–H and O–H groups in total. The van der Waals surface area contributed by atoms with Crippen molar-refractivity contribution in [2.75, 3.05) is 5.73 Å². The van der Waals surface area contributed by atoms with Crippen LogP contribution in [-0.2, 0) is 5.41 Å². The van der Waals surface area contributed by atoms with Crippen LogP contribution < -0.4 is 5.73 Å². The molecular formula is C11H9N3S. The Bertz CT molecular complexity index is 575. The minimum absolute atomic E-state index is 0.215. The Balaban J connectivity index is 2.18. The van der Waals surface area contributed by atoms with Crippen molar-refractivity contribution in [3.63, 3.8) is 0 Å². The Hall–Kier alpha value is -1.60. The lowest BCUT2D eigenvalue weighted by Gasteiger charge is -2.04. The molecule has 1 fully saturated rings. The van der Waals surface area contributed by atoms with Crippen LogP contribution in [0.25, 0.3) is 10.2 Å². The number of nitrogens with zero attached hydrogens (tertiary/aromatic N) is 2. The highest BCUT2D eigenvalue weighted by Crippen LogP contribution is 2.48. The first-order valence-corrected chi connectivity index (χ1v) is 5.63. The van der Waals surface area contributed by atoms with E-state index >= 15 is 0 Å². The summed E-state index contributed by atoms with van der Waals surface area (Å²) in [5.41, 5.74) is 7.46.